The Bertz CT molecular complexity index is 923. The summed E-state index contributed by atoms with van der Waals surface area (Å²) in [6.07, 6.45) is 7.28. The van der Waals surface area contributed by atoms with E-state index in [0.717, 1.165) is 82.4 Å². The smallest absolute Gasteiger partial charge is 0.239 e. The SMILES string of the molecule is CN=C(NCCc1cn2cccc(C)c2n1)N1CCN(C(C)C(=O)N2CCCC2)CC1. The van der Waals surface area contributed by atoms with Gasteiger partial charge in [-0.3, -0.25) is 14.7 Å². The van der Waals surface area contributed by atoms with E-state index in [0.29, 0.717) is 0 Å². The van der Waals surface area contributed by atoms with Gasteiger partial charge >= 0.3 is 0 Å². The molecule has 2 aromatic heterocycles. The lowest BCUT2D eigenvalue weighted by molar-refractivity contribution is -0.135. The molecule has 8 nitrogen and oxygen atoms in total. The van der Waals surface area contributed by atoms with E-state index in [-0.39, 0.29) is 11.9 Å². The number of rotatable bonds is 5. The Labute approximate surface area is 184 Å². The van der Waals surface area contributed by atoms with Gasteiger partial charge in [-0.25, -0.2) is 4.98 Å². The van der Waals surface area contributed by atoms with Gasteiger partial charge in [-0.15, -0.1) is 0 Å². The zero-order valence-corrected chi connectivity index (χ0v) is 19.0. The van der Waals surface area contributed by atoms with Gasteiger partial charge in [-0.2, -0.15) is 0 Å². The second-order valence-electron chi connectivity index (χ2n) is 8.61. The molecule has 0 radical (unpaired) electrons. The van der Waals surface area contributed by atoms with Crippen molar-refractivity contribution in [2.24, 2.45) is 4.99 Å². The molecule has 2 saturated heterocycles. The van der Waals surface area contributed by atoms with Crippen molar-refractivity contribution in [2.45, 2.75) is 39.2 Å². The van der Waals surface area contributed by atoms with Crippen molar-refractivity contribution in [3.63, 3.8) is 0 Å². The first-order valence-electron chi connectivity index (χ1n) is 11.5. The van der Waals surface area contributed by atoms with Crippen LogP contribution in [-0.4, -0.2) is 94.9 Å². The van der Waals surface area contributed by atoms with E-state index in [1.165, 1.54) is 5.56 Å². The molecule has 1 N–H and O–H groups in total. The highest BCUT2D eigenvalue weighted by Crippen LogP contribution is 2.14. The average molecular weight is 426 g/mol. The maximum Gasteiger partial charge on any atom is 0.239 e. The van der Waals surface area contributed by atoms with Crippen LogP contribution >= 0.6 is 0 Å². The summed E-state index contributed by atoms with van der Waals surface area (Å²) in [7, 11) is 1.84. The van der Waals surface area contributed by atoms with E-state index in [1.54, 1.807) is 0 Å². The fourth-order valence-electron chi connectivity index (χ4n) is 4.64. The Morgan fingerprint density at radius 3 is 2.58 bits per heavy atom. The molecule has 4 heterocycles. The van der Waals surface area contributed by atoms with E-state index in [4.69, 9.17) is 4.98 Å². The van der Waals surface area contributed by atoms with Crippen LogP contribution in [0, 0.1) is 6.92 Å². The molecule has 8 heteroatoms. The second kappa shape index (κ2) is 9.68. The van der Waals surface area contributed by atoms with Crippen LogP contribution in [0.3, 0.4) is 0 Å². The fraction of sp³-hybridized carbons (Fsp3) is 0.609. The zero-order chi connectivity index (χ0) is 21.8. The van der Waals surface area contributed by atoms with Crippen LogP contribution in [0.15, 0.2) is 29.5 Å². The van der Waals surface area contributed by atoms with Crippen molar-refractivity contribution in [3.8, 4) is 0 Å². The van der Waals surface area contributed by atoms with Crippen LogP contribution in [0.4, 0.5) is 0 Å². The number of aliphatic imine (C=N–C) groups is 1. The number of hydrogen-bond acceptors (Lipinski definition) is 4. The number of nitrogens with one attached hydrogen (secondary N) is 1. The molecule has 31 heavy (non-hydrogen) atoms. The standard InChI is InChI=1S/C23H35N7O/c1-18-7-6-12-30-17-20(26-21(18)30)8-9-25-23(24-3)29-15-13-27(14-16-29)19(2)22(31)28-10-4-5-11-28/h6-7,12,17,19H,4-5,8-11,13-16H2,1-3H3,(H,24,25). The number of imidazole rings is 1. The van der Waals surface area contributed by atoms with E-state index in [2.05, 4.69) is 50.6 Å². The first-order chi connectivity index (χ1) is 15.1. The number of amides is 1. The lowest BCUT2D eigenvalue weighted by Gasteiger charge is -2.39. The Hall–Kier alpha value is -2.61. The number of aromatic nitrogens is 2. The normalized spacial score (nSPS) is 19.3. The molecule has 2 aliphatic heterocycles. The minimum absolute atomic E-state index is 0.0336. The van der Waals surface area contributed by atoms with E-state index >= 15 is 0 Å². The Kier molecular flexibility index (Phi) is 6.75. The van der Waals surface area contributed by atoms with Gasteiger partial charge in [0.15, 0.2) is 5.96 Å². The van der Waals surface area contributed by atoms with Gasteiger partial charge in [0.05, 0.1) is 11.7 Å². The molecule has 2 fully saturated rings. The van der Waals surface area contributed by atoms with Gasteiger partial charge < -0.3 is 19.5 Å². The van der Waals surface area contributed by atoms with Crippen molar-refractivity contribution in [2.75, 3.05) is 52.9 Å². The summed E-state index contributed by atoms with van der Waals surface area (Å²) in [5.74, 6) is 1.22. The number of pyridine rings is 1. The third kappa shape index (κ3) is 4.84. The molecule has 4 rings (SSSR count). The molecule has 168 valence electrons. The summed E-state index contributed by atoms with van der Waals surface area (Å²) in [6, 6.07) is 4.10. The number of fused-ring (bicyclic) bond motifs is 1. The Morgan fingerprint density at radius 2 is 1.90 bits per heavy atom. The lowest BCUT2D eigenvalue weighted by Crippen LogP contribution is -2.57. The number of carbonyl (C=O) groups is 1. The number of likely N-dealkylation sites (tertiary alicyclic amines) is 1. The molecule has 1 atom stereocenters. The zero-order valence-electron chi connectivity index (χ0n) is 19.0. The van der Waals surface area contributed by atoms with Crippen molar-refractivity contribution >= 4 is 17.5 Å². The first-order valence-corrected chi connectivity index (χ1v) is 11.5. The largest absolute Gasteiger partial charge is 0.356 e. The summed E-state index contributed by atoms with van der Waals surface area (Å²) in [5, 5.41) is 3.49. The van der Waals surface area contributed by atoms with Gasteiger partial charge in [0.2, 0.25) is 5.91 Å². The molecule has 0 spiro atoms. The summed E-state index contributed by atoms with van der Waals surface area (Å²) < 4.78 is 2.09. The van der Waals surface area contributed by atoms with Crippen molar-refractivity contribution in [1.82, 2.24) is 29.4 Å². The number of aryl methyl sites for hydroxylation is 1. The predicted octanol–water partition coefficient (Wildman–Crippen LogP) is 1.39. The molecule has 2 aliphatic rings. The minimum atomic E-state index is -0.0336. The topological polar surface area (TPSA) is 68.5 Å². The van der Waals surface area contributed by atoms with E-state index < -0.39 is 0 Å². The van der Waals surface area contributed by atoms with Gasteiger partial charge in [0.1, 0.15) is 5.65 Å². The Morgan fingerprint density at radius 1 is 1.16 bits per heavy atom. The average Bonchev–Trinajstić information content (AvgIpc) is 3.47. The maximum atomic E-state index is 12.7. The van der Waals surface area contributed by atoms with Crippen LogP contribution in [0.1, 0.15) is 31.0 Å². The Balaban J connectivity index is 1.25. The molecule has 0 aliphatic carbocycles. The highest BCUT2D eigenvalue weighted by Gasteiger charge is 2.30. The number of piperazine rings is 1. The van der Waals surface area contributed by atoms with Crippen LogP contribution in [-0.2, 0) is 11.2 Å². The van der Waals surface area contributed by atoms with Crippen LogP contribution < -0.4 is 5.32 Å². The molecular formula is C23H35N7O. The van der Waals surface area contributed by atoms with E-state index in [1.807, 2.05) is 24.2 Å². The summed E-state index contributed by atoms with van der Waals surface area (Å²) in [4.78, 5) is 28.6. The van der Waals surface area contributed by atoms with Gasteiger partial charge in [-0.1, -0.05) is 6.07 Å². The summed E-state index contributed by atoms with van der Waals surface area (Å²) in [5.41, 5.74) is 3.29. The van der Waals surface area contributed by atoms with E-state index in [9.17, 15) is 4.79 Å². The number of guanidine groups is 1. The quantitative estimate of drug-likeness (QED) is 0.579. The third-order valence-corrected chi connectivity index (χ3v) is 6.54. The maximum absolute atomic E-state index is 12.7. The highest BCUT2D eigenvalue weighted by molar-refractivity contribution is 5.82. The predicted molar refractivity (Wildman–Crippen MR) is 123 cm³/mol. The summed E-state index contributed by atoms with van der Waals surface area (Å²) in [6.45, 7) is 10.3. The number of nitrogens with zero attached hydrogens (tertiary/aromatic N) is 6. The van der Waals surface area contributed by atoms with Crippen molar-refractivity contribution < 1.29 is 4.79 Å². The number of carbonyl (C=O) groups excluding carboxylic acids is 1. The molecule has 1 amide bonds. The van der Waals surface area contributed by atoms with Crippen molar-refractivity contribution in [1.29, 1.82) is 0 Å². The number of hydrogen-bond donors (Lipinski definition) is 1. The molecule has 2 aromatic rings. The fourth-order valence-corrected chi connectivity index (χ4v) is 4.64. The highest BCUT2D eigenvalue weighted by atomic mass is 16.2. The molecule has 0 bridgehead atoms. The van der Waals surface area contributed by atoms with Gasteiger partial charge in [0, 0.05) is 71.7 Å². The third-order valence-electron chi connectivity index (χ3n) is 6.54. The molecule has 0 saturated carbocycles. The molecule has 1 unspecified atom stereocenters. The minimum Gasteiger partial charge on any atom is -0.356 e. The first kappa shape index (κ1) is 21.6. The van der Waals surface area contributed by atoms with Crippen LogP contribution in [0.5, 0.6) is 0 Å². The van der Waals surface area contributed by atoms with Gasteiger partial charge in [0.25, 0.3) is 0 Å². The van der Waals surface area contributed by atoms with Gasteiger partial charge in [-0.05, 0) is 38.3 Å². The molecular weight excluding hydrogens is 390 g/mol. The van der Waals surface area contributed by atoms with Crippen molar-refractivity contribution in [3.05, 3.63) is 35.8 Å². The molecule has 0 aromatic carbocycles. The van der Waals surface area contributed by atoms with Crippen LogP contribution in [0.25, 0.3) is 5.65 Å². The summed E-state index contributed by atoms with van der Waals surface area (Å²) >= 11 is 0. The lowest BCUT2D eigenvalue weighted by atomic mass is 10.2. The monoisotopic (exact) mass is 425 g/mol. The van der Waals surface area contributed by atoms with Crippen LogP contribution in [0.2, 0.25) is 0 Å². The second-order valence-corrected chi connectivity index (χ2v) is 8.61.